The molecule has 0 unspecified atom stereocenters. The van der Waals surface area contributed by atoms with Crippen LogP contribution in [0, 0.1) is 0 Å². The van der Waals surface area contributed by atoms with E-state index in [1.165, 1.54) is 4.57 Å². The van der Waals surface area contributed by atoms with Crippen LogP contribution in [-0.2, 0) is 13.0 Å². The van der Waals surface area contributed by atoms with Crippen molar-refractivity contribution in [1.29, 1.82) is 0 Å². The van der Waals surface area contributed by atoms with Crippen LogP contribution in [-0.4, -0.2) is 15.7 Å². The molecule has 0 aliphatic carbocycles. The Kier molecular flexibility index (Phi) is 4.56. The Bertz CT molecular complexity index is 442. The zero-order chi connectivity index (χ0) is 13.1. The fraction of sp³-hybridized carbons (Fsp3) is 0.600. The number of halogens is 4. The predicted octanol–water partition coefficient (Wildman–Crippen LogP) is 2.80. The zero-order valence-corrected chi connectivity index (χ0v) is 9.98. The Balaban J connectivity index is 2.80. The summed E-state index contributed by atoms with van der Waals surface area (Å²) in [5.41, 5.74) is -0.413. The number of alkyl halides is 3. The molecular weight excluding hydrogens is 257 g/mol. The maximum absolute atomic E-state index is 12.0. The predicted molar refractivity (Wildman–Crippen MR) is 58.2 cm³/mol. The Labute approximate surface area is 101 Å². The average Bonchev–Trinajstić information content (AvgIpc) is 2.18. The van der Waals surface area contributed by atoms with Crippen molar-refractivity contribution in [3.63, 3.8) is 0 Å². The van der Waals surface area contributed by atoms with Crippen LogP contribution in [0.3, 0.4) is 0 Å². The summed E-state index contributed by atoms with van der Waals surface area (Å²) in [6.45, 7) is 1.77. The highest BCUT2D eigenvalue weighted by atomic mass is 35.5. The third-order valence-electron chi connectivity index (χ3n) is 2.21. The Morgan fingerprint density at radius 2 is 2.12 bits per heavy atom. The van der Waals surface area contributed by atoms with Crippen LogP contribution in [0.15, 0.2) is 10.9 Å². The number of nitrogens with zero attached hydrogens (tertiary/aromatic N) is 2. The molecule has 7 heteroatoms. The van der Waals surface area contributed by atoms with E-state index in [-0.39, 0.29) is 18.1 Å². The Morgan fingerprint density at radius 3 is 2.65 bits per heavy atom. The fourth-order valence-corrected chi connectivity index (χ4v) is 1.66. The summed E-state index contributed by atoms with van der Waals surface area (Å²) < 4.78 is 37.2. The van der Waals surface area contributed by atoms with Gasteiger partial charge in [-0.2, -0.15) is 13.2 Å². The van der Waals surface area contributed by atoms with E-state index in [1.54, 1.807) is 6.92 Å². The quantitative estimate of drug-likeness (QED) is 0.787. The van der Waals surface area contributed by atoms with Gasteiger partial charge in [0, 0.05) is 25.5 Å². The molecule has 96 valence electrons. The van der Waals surface area contributed by atoms with Crippen molar-refractivity contribution in [1.82, 2.24) is 9.55 Å². The van der Waals surface area contributed by atoms with E-state index >= 15 is 0 Å². The molecule has 0 radical (unpaired) electrons. The molecule has 17 heavy (non-hydrogen) atoms. The van der Waals surface area contributed by atoms with Crippen molar-refractivity contribution in [2.75, 3.05) is 0 Å². The third kappa shape index (κ3) is 4.38. The van der Waals surface area contributed by atoms with Crippen LogP contribution in [0.4, 0.5) is 13.2 Å². The van der Waals surface area contributed by atoms with Crippen LogP contribution in [0.5, 0.6) is 0 Å². The summed E-state index contributed by atoms with van der Waals surface area (Å²) in [7, 11) is 0. The van der Waals surface area contributed by atoms with E-state index in [0.29, 0.717) is 12.2 Å². The van der Waals surface area contributed by atoms with E-state index in [9.17, 15) is 18.0 Å². The molecule has 0 N–H and O–H groups in total. The number of aromatic nitrogens is 2. The van der Waals surface area contributed by atoms with Crippen molar-refractivity contribution >= 4 is 11.6 Å². The first-order valence-corrected chi connectivity index (χ1v) is 5.54. The van der Waals surface area contributed by atoms with Crippen molar-refractivity contribution in [3.05, 3.63) is 27.4 Å². The molecule has 0 aromatic carbocycles. The highest BCUT2D eigenvalue weighted by molar-refractivity contribution is 6.29. The first-order chi connectivity index (χ1) is 7.83. The van der Waals surface area contributed by atoms with Crippen molar-refractivity contribution in [3.8, 4) is 0 Å². The molecule has 0 saturated heterocycles. The molecule has 1 rings (SSSR count). The lowest BCUT2D eigenvalue weighted by Gasteiger charge is -2.11. The molecule has 0 fully saturated rings. The SMILES string of the molecule is CCc1nc(Cl)cc(=O)n1CCCC(F)(F)F. The van der Waals surface area contributed by atoms with Gasteiger partial charge in [0.1, 0.15) is 11.0 Å². The van der Waals surface area contributed by atoms with Gasteiger partial charge in [-0.1, -0.05) is 18.5 Å². The van der Waals surface area contributed by atoms with Gasteiger partial charge in [0.25, 0.3) is 5.56 Å². The van der Waals surface area contributed by atoms with Crippen LogP contribution in [0.25, 0.3) is 0 Å². The van der Waals surface area contributed by atoms with Gasteiger partial charge in [-0.3, -0.25) is 9.36 Å². The second kappa shape index (κ2) is 5.53. The normalized spacial score (nSPS) is 11.8. The van der Waals surface area contributed by atoms with Gasteiger partial charge in [-0.25, -0.2) is 4.98 Å². The number of hydrogen-bond donors (Lipinski definition) is 0. The lowest BCUT2D eigenvalue weighted by Crippen LogP contribution is -2.25. The van der Waals surface area contributed by atoms with Gasteiger partial charge in [-0.15, -0.1) is 0 Å². The summed E-state index contributed by atoms with van der Waals surface area (Å²) in [6, 6.07) is 1.11. The Hall–Kier alpha value is -1.04. The smallest absolute Gasteiger partial charge is 0.297 e. The van der Waals surface area contributed by atoms with E-state index in [1.807, 2.05) is 0 Å². The van der Waals surface area contributed by atoms with Crippen molar-refractivity contribution in [2.24, 2.45) is 0 Å². The molecular formula is C10H12ClF3N2O. The van der Waals surface area contributed by atoms with Gasteiger partial charge < -0.3 is 0 Å². The summed E-state index contributed by atoms with van der Waals surface area (Å²) in [4.78, 5) is 15.4. The fourth-order valence-electron chi connectivity index (χ4n) is 1.47. The standard InChI is InChI=1S/C10H12ClF3N2O/c1-2-8-15-7(11)6-9(17)16(8)5-3-4-10(12,13)14/h6H,2-5H2,1H3. The second-order valence-corrected chi connectivity index (χ2v) is 3.94. The van der Waals surface area contributed by atoms with Gasteiger partial charge in [-0.05, 0) is 6.42 Å². The molecule has 0 spiro atoms. The Morgan fingerprint density at radius 1 is 1.47 bits per heavy atom. The molecule has 1 aromatic heterocycles. The topological polar surface area (TPSA) is 34.9 Å². The van der Waals surface area contributed by atoms with Crippen molar-refractivity contribution in [2.45, 2.75) is 38.9 Å². The van der Waals surface area contributed by atoms with Crippen molar-refractivity contribution < 1.29 is 13.2 Å². The molecule has 3 nitrogen and oxygen atoms in total. The van der Waals surface area contributed by atoms with E-state index < -0.39 is 18.2 Å². The van der Waals surface area contributed by atoms with Crippen LogP contribution >= 0.6 is 11.6 Å². The molecule has 0 amide bonds. The second-order valence-electron chi connectivity index (χ2n) is 3.56. The monoisotopic (exact) mass is 268 g/mol. The minimum absolute atomic E-state index is 0.00564. The number of aryl methyl sites for hydroxylation is 1. The highest BCUT2D eigenvalue weighted by Crippen LogP contribution is 2.21. The number of hydrogen-bond acceptors (Lipinski definition) is 2. The largest absolute Gasteiger partial charge is 0.389 e. The first kappa shape index (κ1) is 14.0. The first-order valence-electron chi connectivity index (χ1n) is 5.16. The third-order valence-corrected chi connectivity index (χ3v) is 2.41. The number of rotatable bonds is 4. The highest BCUT2D eigenvalue weighted by Gasteiger charge is 2.26. The van der Waals surface area contributed by atoms with Crippen LogP contribution in [0.1, 0.15) is 25.6 Å². The molecule has 1 heterocycles. The van der Waals surface area contributed by atoms with Crippen LogP contribution < -0.4 is 5.56 Å². The summed E-state index contributed by atoms with van der Waals surface area (Å²) in [6.07, 6.45) is -4.80. The van der Waals surface area contributed by atoms with Gasteiger partial charge >= 0.3 is 6.18 Å². The minimum atomic E-state index is -4.20. The lowest BCUT2D eigenvalue weighted by molar-refractivity contribution is -0.135. The van der Waals surface area contributed by atoms with E-state index in [0.717, 1.165) is 6.07 Å². The maximum atomic E-state index is 12.0. The van der Waals surface area contributed by atoms with Crippen LogP contribution in [0.2, 0.25) is 5.15 Å². The summed E-state index contributed by atoms with van der Waals surface area (Å²) >= 11 is 5.60. The molecule has 0 saturated carbocycles. The zero-order valence-electron chi connectivity index (χ0n) is 9.22. The molecule has 0 atom stereocenters. The average molecular weight is 269 g/mol. The van der Waals surface area contributed by atoms with Gasteiger partial charge in [0.15, 0.2) is 0 Å². The van der Waals surface area contributed by atoms with Gasteiger partial charge in [0.05, 0.1) is 0 Å². The summed E-state index contributed by atoms with van der Waals surface area (Å²) in [5.74, 6) is 0.407. The van der Waals surface area contributed by atoms with E-state index in [2.05, 4.69) is 4.98 Å². The van der Waals surface area contributed by atoms with Gasteiger partial charge in [0.2, 0.25) is 0 Å². The molecule has 0 aliphatic rings. The maximum Gasteiger partial charge on any atom is 0.389 e. The molecule has 1 aromatic rings. The molecule has 0 aliphatic heterocycles. The van der Waals surface area contributed by atoms with E-state index in [4.69, 9.17) is 11.6 Å². The summed E-state index contributed by atoms with van der Waals surface area (Å²) in [5, 5.41) is 0.0684. The lowest BCUT2D eigenvalue weighted by atomic mass is 10.3. The minimum Gasteiger partial charge on any atom is -0.297 e. The molecule has 0 bridgehead atoms.